The molecule has 0 aliphatic carbocycles. The lowest BCUT2D eigenvalue weighted by Crippen LogP contribution is -2.44. The third-order valence-electron chi connectivity index (χ3n) is 2.97. The third-order valence-corrected chi connectivity index (χ3v) is 2.97. The Kier molecular flexibility index (Phi) is 4.74. The maximum absolute atomic E-state index is 11.4. The molecule has 0 bridgehead atoms. The van der Waals surface area contributed by atoms with E-state index in [1.54, 1.807) is 19.0 Å². The number of amides is 1. The van der Waals surface area contributed by atoms with Gasteiger partial charge in [-0.2, -0.15) is 0 Å². The van der Waals surface area contributed by atoms with Crippen LogP contribution in [0, 0.1) is 0 Å². The van der Waals surface area contributed by atoms with Crippen LogP contribution in [0.3, 0.4) is 0 Å². The highest BCUT2D eigenvalue weighted by molar-refractivity contribution is 5.75. The summed E-state index contributed by atoms with van der Waals surface area (Å²) in [4.78, 5) is 13.0. The van der Waals surface area contributed by atoms with Crippen LogP contribution in [-0.4, -0.2) is 49.7 Å². The van der Waals surface area contributed by atoms with E-state index in [4.69, 9.17) is 4.74 Å². The van der Waals surface area contributed by atoms with Crippen LogP contribution in [0.15, 0.2) is 0 Å². The van der Waals surface area contributed by atoms with Crippen molar-refractivity contribution in [3.05, 3.63) is 0 Å². The molecule has 0 aromatic carbocycles. The van der Waals surface area contributed by atoms with Gasteiger partial charge in [-0.05, 0) is 26.7 Å². The van der Waals surface area contributed by atoms with E-state index >= 15 is 0 Å². The molecule has 1 atom stereocenters. The average molecular weight is 228 g/mol. The predicted molar refractivity (Wildman–Crippen MR) is 64.4 cm³/mol. The first-order chi connectivity index (χ1) is 7.41. The molecule has 1 saturated heterocycles. The van der Waals surface area contributed by atoms with E-state index in [9.17, 15) is 4.79 Å². The first-order valence-corrected chi connectivity index (χ1v) is 5.98. The van der Waals surface area contributed by atoms with Gasteiger partial charge in [-0.15, -0.1) is 0 Å². The SMILES string of the molecule is CN(C)C(=O)CCNC1CCOC(C)(C)C1. The van der Waals surface area contributed by atoms with Crippen molar-refractivity contribution in [2.75, 3.05) is 27.2 Å². The van der Waals surface area contributed by atoms with Crippen LogP contribution < -0.4 is 5.32 Å². The Morgan fingerprint density at radius 3 is 2.75 bits per heavy atom. The van der Waals surface area contributed by atoms with Crippen molar-refractivity contribution in [2.45, 2.75) is 44.8 Å². The van der Waals surface area contributed by atoms with Crippen LogP contribution in [0.4, 0.5) is 0 Å². The van der Waals surface area contributed by atoms with E-state index in [1.807, 2.05) is 0 Å². The lowest BCUT2D eigenvalue weighted by atomic mass is 9.94. The van der Waals surface area contributed by atoms with Gasteiger partial charge in [0.05, 0.1) is 5.60 Å². The summed E-state index contributed by atoms with van der Waals surface area (Å²) in [6, 6.07) is 0.485. The highest BCUT2D eigenvalue weighted by Gasteiger charge is 2.28. The average Bonchev–Trinajstić information content (AvgIpc) is 2.15. The van der Waals surface area contributed by atoms with Crippen molar-refractivity contribution in [2.24, 2.45) is 0 Å². The second kappa shape index (κ2) is 5.64. The molecule has 94 valence electrons. The number of ether oxygens (including phenoxy) is 1. The molecule has 0 spiro atoms. The van der Waals surface area contributed by atoms with Crippen molar-refractivity contribution < 1.29 is 9.53 Å². The summed E-state index contributed by atoms with van der Waals surface area (Å²) in [5.74, 6) is 0.179. The number of hydrogen-bond donors (Lipinski definition) is 1. The molecule has 1 N–H and O–H groups in total. The summed E-state index contributed by atoms with van der Waals surface area (Å²) >= 11 is 0. The maximum atomic E-state index is 11.4. The molecule has 0 aromatic rings. The van der Waals surface area contributed by atoms with Gasteiger partial charge in [0.1, 0.15) is 0 Å². The number of nitrogens with one attached hydrogen (secondary N) is 1. The van der Waals surface area contributed by atoms with Gasteiger partial charge in [-0.1, -0.05) is 0 Å². The molecule has 1 amide bonds. The van der Waals surface area contributed by atoms with E-state index < -0.39 is 0 Å². The highest BCUT2D eigenvalue weighted by atomic mass is 16.5. The van der Waals surface area contributed by atoms with Gasteiger partial charge in [-0.3, -0.25) is 4.79 Å². The van der Waals surface area contributed by atoms with Gasteiger partial charge in [-0.25, -0.2) is 0 Å². The summed E-state index contributed by atoms with van der Waals surface area (Å²) in [5.41, 5.74) is -0.0263. The zero-order valence-corrected chi connectivity index (χ0v) is 10.9. The van der Waals surface area contributed by atoms with Gasteiger partial charge in [0.25, 0.3) is 0 Å². The second-order valence-electron chi connectivity index (χ2n) is 5.29. The minimum absolute atomic E-state index is 0.0263. The van der Waals surface area contributed by atoms with E-state index in [2.05, 4.69) is 19.2 Å². The summed E-state index contributed by atoms with van der Waals surface area (Å²) in [6.07, 6.45) is 2.63. The normalized spacial score (nSPS) is 24.1. The molecule has 1 rings (SSSR count). The zero-order chi connectivity index (χ0) is 12.2. The molecule has 0 saturated carbocycles. The Balaban J connectivity index is 2.20. The van der Waals surface area contributed by atoms with Gasteiger partial charge >= 0.3 is 0 Å². The summed E-state index contributed by atoms with van der Waals surface area (Å²) in [7, 11) is 3.58. The van der Waals surface area contributed by atoms with Crippen molar-refractivity contribution in [1.29, 1.82) is 0 Å². The molecular weight excluding hydrogens is 204 g/mol. The minimum Gasteiger partial charge on any atom is -0.375 e. The monoisotopic (exact) mass is 228 g/mol. The molecule has 1 aliphatic rings. The lowest BCUT2D eigenvalue weighted by molar-refractivity contribution is -0.128. The third kappa shape index (κ3) is 4.49. The fourth-order valence-electron chi connectivity index (χ4n) is 2.01. The van der Waals surface area contributed by atoms with E-state index in [0.29, 0.717) is 12.5 Å². The molecule has 4 nitrogen and oxygen atoms in total. The lowest BCUT2D eigenvalue weighted by Gasteiger charge is -2.36. The molecule has 4 heteroatoms. The van der Waals surface area contributed by atoms with Crippen LogP contribution in [0.5, 0.6) is 0 Å². The molecule has 1 unspecified atom stereocenters. The minimum atomic E-state index is -0.0263. The number of carbonyl (C=O) groups excluding carboxylic acids is 1. The van der Waals surface area contributed by atoms with E-state index in [-0.39, 0.29) is 11.5 Å². The Labute approximate surface area is 98.3 Å². The van der Waals surface area contributed by atoms with Gasteiger partial charge in [0.15, 0.2) is 0 Å². The van der Waals surface area contributed by atoms with Crippen LogP contribution in [0.25, 0.3) is 0 Å². The zero-order valence-electron chi connectivity index (χ0n) is 10.9. The fraction of sp³-hybridized carbons (Fsp3) is 0.917. The molecule has 0 aromatic heterocycles. The Hall–Kier alpha value is -0.610. The standard InChI is InChI=1S/C12H24N2O2/c1-12(2)9-10(6-8-16-12)13-7-5-11(15)14(3)4/h10,13H,5-9H2,1-4H3. The van der Waals surface area contributed by atoms with Crippen molar-refractivity contribution in [3.63, 3.8) is 0 Å². The second-order valence-corrected chi connectivity index (χ2v) is 5.29. The van der Waals surface area contributed by atoms with Crippen LogP contribution in [-0.2, 0) is 9.53 Å². The van der Waals surface area contributed by atoms with Gasteiger partial charge in [0, 0.05) is 39.7 Å². The first kappa shape index (κ1) is 13.5. The summed E-state index contributed by atoms with van der Waals surface area (Å²) < 4.78 is 5.65. The molecular formula is C12H24N2O2. The summed E-state index contributed by atoms with van der Waals surface area (Å²) in [5, 5.41) is 3.44. The molecule has 0 radical (unpaired) electrons. The van der Waals surface area contributed by atoms with Crippen LogP contribution >= 0.6 is 0 Å². The first-order valence-electron chi connectivity index (χ1n) is 5.98. The Morgan fingerprint density at radius 1 is 1.50 bits per heavy atom. The summed E-state index contributed by atoms with van der Waals surface area (Å²) in [6.45, 7) is 5.81. The Morgan fingerprint density at radius 2 is 2.19 bits per heavy atom. The molecule has 1 fully saturated rings. The fourth-order valence-corrected chi connectivity index (χ4v) is 2.01. The van der Waals surface area contributed by atoms with Crippen molar-refractivity contribution >= 4 is 5.91 Å². The van der Waals surface area contributed by atoms with Crippen LogP contribution in [0.2, 0.25) is 0 Å². The molecule has 1 heterocycles. The number of hydrogen-bond acceptors (Lipinski definition) is 3. The molecule has 1 aliphatic heterocycles. The van der Waals surface area contributed by atoms with E-state index in [0.717, 1.165) is 26.0 Å². The topological polar surface area (TPSA) is 41.6 Å². The largest absolute Gasteiger partial charge is 0.375 e. The van der Waals surface area contributed by atoms with Gasteiger partial charge in [0.2, 0.25) is 5.91 Å². The number of carbonyl (C=O) groups is 1. The smallest absolute Gasteiger partial charge is 0.223 e. The number of rotatable bonds is 4. The Bertz CT molecular complexity index is 239. The van der Waals surface area contributed by atoms with Crippen molar-refractivity contribution in [1.82, 2.24) is 10.2 Å². The highest BCUT2D eigenvalue weighted by Crippen LogP contribution is 2.23. The quantitative estimate of drug-likeness (QED) is 0.781. The maximum Gasteiger partial charge on any atom is 0.223 e. The van der Waals surface area contributed by atoms with Crippen molar-refractivity contribution in [3.8, 4) is 0 Å². The van der Waals surface area contributed by atoms with Gasteiger partial charge < -0.3 is 15.0 Å². The molecule has 16 heavy (non-hydrogen) atoms. The predicted octanol–water partition coefficient (Wildman–Crippen LogP) is 1.01. The number of nitrogens with zero attached hydrogens (tertiary/aromatic N) is 1. The van der Waals surface area contributed by atoms with E-state index in [1.165, 1.54) is 0 Å². The van der Waals surface area contributed by atoms with Crippen LogP contribution in [0.1, 0.15) is 33.1 Å².